The molecule has 0 unspecified atom stereocenters. The van der Waals surface area contributed by atoms with Gasteiger partial charge in [0.05, 0.1) is 11.8 Å². The SMILES string of the molecule is O=C(O)CCCCCN1C(=O)[C@@H]2[C@@H]3C=C[C@@H]([C@H]4C[C@@H]34)[C@@H]2C1=O. The minimum absolute atomic E-state index is 0.0259. The summed E-state index contributed by atoms with van der Waals surface area (Å²) in [5.41, 5.74) is 0. The standard InChI is InChI=1S/C17H21NO4/c19-13(20)4-2-1-3-7-18-16(21)14-9-5-6-10(12-8-11(9)12)15(14)17(18)22/h5-6,9-12,14-15H,1-4,7-8H2,(H,19,20)/t9-,10+,11+,12-,14-,15+. The molecule has 6 atom stereocenters. The molecule has 2 saturated carbocycles. The Labute approximate surface area is 129 Å². The number of hydrogen-bond donors (Lipinski definition) is 1. The number of carbonyl (C=O) groups is 3. The lowest BCUT2D eigenvalue weighted by molar-refractivity contribution is -0.141. The van der Waals surface area contributed by atoms with Gasteiger partial charge < -0.3 is 5.11 Å². The van der Waals surface area contributed by atoms with E-state index in [1.807, 2.05) is 0 Å². The molecule has 4 aliphatic carbocycles. The van der Waals surface area contributed by atoms with Gasteiger partial charge in [-0.05, 0) is 42.9 Å². The zero-order valence-corrected chi connectivity index (χ0v) is 12.5. The number of nitrogens with zero attached hydrogens (tertiary/aromatic N) is 1. The van der Waals surface area contributed by atoms with Gasteiger partial charge in [-0.3, -0.25) is 19.3 Å². The third-order valence-corrected chi connectivity index (χ3v) is 6.03. The fourth-order valence-electron chi connectivity index (χ4n) is 4.96. The minimum atomic E-state index is -0.791. The first-order valence-corrected chi connectivity index (χ1v) is 8.35. The number of unbranched alkanes of at least 4 members (excludes halogenated alkanes) is 2. The van der Waals surface area contributed by atoms with Crippen LogP contribution in [0.1, 0.15) is 32.1 Å². The second-order valence-corrected chi connectivity index (χ2v) is 7.19. The Balaban J connectivity index is 1.39. The molecular weight excluding hydrogens is 282 g/mol. The van der Waals surface area contributed by atoms with Crippen molar-refractivity contribution in [1.82, 2.24) is 4.90 Å². The van der Waals surface area contributed by atoms with Gasteiger partial charge in [-0.25, -0.2) is 0 Å². The van der Waals surface area contributed by atoms with Crippen molar-refractivity contribution >= 4 is 17.8 Å². The zero-order valence-electron chi connectivity index (χ0n) is 12.5. The third-order valence-electron chi connectivity index (χ3n) is 6.03. The quantitative estimate of drug-likeness (QED) is 0.460. The van der Waals surface area contributed by atoms with E-state index in [0.717, 1.165) is 6.42 Å². The van der Waals surface area contributed by atoms with Gasteiger partial charge in [0.1, 0.15) is 0 Å². The number of amides is 2. The Morgan fingerprint density at radius 2 is 1.64 bits per heavy atom. The molecule has 2 bridgehead atoms. The van der Waals surface area contributed by atoms with E-state index >= 15 is 0 Å². The lowest BCUT2D eigenvalue weighted by Crippen LogP contribution is -2.40. The molecule has 0 aromatic rings. The van der Waals surface area contributed by atoms with E-state index in [0.29, 0.717) is 31.2 Å². The second-order valence-electron chi connectivity index (χ2n) is 7.19. The number of hydrogen-bond acceptors (Lipinski definition) is 3. The number of carbonyl (C=O) groups excluding carboxylic acids is 2. The normalized spacial score (nSPS) is 40.8. The molecule has 1 aliphatic heterocycles. The maximum atomic E-state index is 12.7. The summed E-state index contributed by atoms with van der Waals surface area (Å²) >= 11 is 0. The highest BCUT2D eigenvalue weighted by molar-refractivity contribution is 6.06. The molecule has 1 saturated heterocycles. The molecule has 0 spiro atoms. The van der Waals surface area contributed by atoms with Crippen LogP contribution in [-0.4, -0.2) is 34.3 Å². The van der Waals surface area contributed by atoms with Gasteiger partial charge in [0.25, 0.3) is 0 Å². The maximum Gasteiger partial charge on any atom is 0.303 e. The number of allylic oxidation sites excluding steroid dienone is 2. The average Bonchev–Trinajstić information content (AvgIpc) is 3.26. The van der Waals surface area contributed by atoms with Crippen LogP contribution in [0.5, 0.6) is 0 Å². The summed E-state index contributed by atoms with van der Waals surface area (Å²) in [7, 11) is 0. The van der Waals surface area contributed by atoms with Gasteiger partial charge in [-0.2, -0.15) is 0 Å². The third kappa shape index (κ3) is 1.94. The van der Waals surface area contributed by atoms with Crippen LogP contribution in [0, 0.1) is 35.5 Å². The lowest BCUT2D eigenvalue weighted by atomic mass is 9.63. The summed E-state index contributed by atoms with van der Waals surface area (Å²) in [6.07, 6.45) is 7.77. The summed E-state index contributed by atoms with van der Waals surface area (Å²) in [6.45, 7) is 0.457. The number of imide groups is 1. The highest BCUT2D eigenvalue weighted by atomic mass is 16.4. The van der Waals surface area contributed by atoms with Gasteiger partial charge >= 0.3 is 5.97 Å². The summed E-state index contributed by atoms with van der Waals surface area (Å²) in [5.74, 6) is 0.904. The monoisotopic (exact) mass is 303 g/mol. The van der Waals surface area contributed by atoms with Gasteiger partial charge in [-0.1, -0.05) is 18.6 Å². The van der Waals surface area contributed by atoms with Crippen molar-refractivity contribution < 1.29 is 19.5 Å². The number of rotatable bonds is 6. The molecule has 22 heavy (non-hydrogen) atoms. The van der Waals surface area contributed by atoms with Crippen molar-refractivity contribution in [3.63, 3.8) is 0 Å². The molecule has 0 aromatic heterocycles. The van der Waals surface area contributed by atoms with E-state index in [-0.39, 0.29) is 41.9 Å². The molecular formula is C17H21NO4. The van der Waals surface area contributed by atoms with Crippen LogP contribution in [0.3, 0.4) is 0 Å². The smallest absolute Gasteiger partial charge is 0.303 e. The van der Waals surface area contributed by atoms with Crippen molar-refractivity contribution in [2.24, 2.45) is 35.5 Å². The zero-order chi connectivity index (χ0) is 15.4. The van der Waals surface area contributed by atoms with Crippen molar-refractivity contribution in [3.8, 4) is 0 Å². The van der Waals surface area contributed by atoms with E-state index < -0.39 is 5.97 Å². The lowest BCUT2D eigenvalue weighted by Gasteiger charge is -2.37. The number of carboxylic acids is 1. The number of likely N-dealkylation sites (tertiary alicyclic amines) is 1. The fourth-order valence-corrected chi connectivity index (χ4v) is 4.96. The number of carboxylic acid groups (broad SMARTS) is 1. The Bertz CT molecular complexity index is 533. The first-order chi connectivity index (χ1) is 10.6. The largest absolute Gasteiger partial charge is 0.481 e. The van der Waals surface area contributed by atoms with Crippen LogP contribution in [0.25, 0.3) is 0 Å². The van der Waals surface area contributed by atoms with Gasteiger partial charge in [0.15, 0.2) is 0 Å². The van der Waals surface area contributed by atoms with E-state index in [1.54, 1.807) is 0 Å². The molecule has 5 heteroatoms. The summed E-state index contributed by atoms with van der Waals surface area (Å²) < 4.78 is 0. The summed E-state index contributed by atoms with van der Waals surface area (Å²) in [4.78, 5) is 37.3. The van der Waals surface area contributed by atoms with Crippen LogP contribution in [-0.2, 0) is 14.4 Å². The molecule has 0 aromatic carbocycles. The van der Waals surface area contributed by atoms with E-state index in [4.69, 9.17) is 5.11 Å². The predicted octanol–water partition coefficient (Wildman–Crippen LogP) is 1.68. The molecule has 5 nitrogen and oxygen atoms in total. The second kappa shape index (κ2) is 4.93. The molecule has 5 aliphatic rings. The van der Waals surface area contributed by atoms with Crippen molar-refractivity contribution in [2.75, 3.05) is 6.54 Å². The number of aliphatic carboxylic acids is 1. The predicted molar refractivity (Wildman–Crippen MR) is 77.5 cm³/mol. The molecule has 0 radical (unpaired) electrons. The van der Waals surface area contributed by atoms with Gasteiger partial charge in [0, 0.05) is 13.0 Å². The minimum Gasteiger partial charge on any atom is -0.481 e. The maximum absolute atomic E-state index is 12.7. The van der Waals surface area contributed by atoms with Crippen LogP contribution in [0.4, 0.5) is 0 Å². The average molecular weight is 303 g/mol. The van der Waals surface area contributed by atoms with Crippen LogP contribution >= 0.6 is 0 Å². The van der Waals surface area contributed by atoms with Crippen LogP contribution < -0.4 is 0 Å². The Hall–Kier alpha value is -1.65. The summed E-state index contributed by atoms with van der Waals surface area (Å²) in [5, 5.41) is 8.62. The first-order valence-electron chi connectivity index (χ1n) is 8.35. The van der Waals surface area contributed by atoms with Crippen molar-refractivity contribution in [2.45, 2.75) is 32.1 Å². The van der Waals surface area contributed by atoms with Gasteiger partial charge in [0.2, 0.25) is 11.8 Å². The van der Waals surface area contributed by atoms with E-state index in [2.05, 4.69) is 12.2 Å². The highest BCUT2D eigenvalue weighted by Crippen LogP contribution is 2.65. The fraction of sp³-hybridized carbons (Fsp3) is 0.706. The molecule has 118 valence electrons. The van der Waals surface area contributed by atoms with E-state index in [1.165, 1.54) is 11.3 Å². The Morgan fingerprint density at radius 3 is 2.18 bits per heavy atom. The van der Waals surface area contributed by atoms with Gasteiger partial charge in [-0.15, -0.1) is 0 Å². The Kier molecular flexibility index (Phi) is 3.13. The first kappa shape index (κ1) is 14.0. The molecule has 3 fully saturated rings. The van der Waals surface area contributed by atoms with Crippen LogP contribution in [0.2, 0.25) is 0 Å². The molecule has 1 N–H and O–H groups in total. The molecule has 5 rings (SSSR count). The van der Waals surface area contributed by atoms with Crippen LogP contribution in [0.15, 0.2) is 12.2 Å². The van der Waals surface area contributed by atoms with E-state index in [9.17, 15) is 14.4 Å². The molecule has 1 heterocycles. The van der Waals surface area contributed by atoms with Crippen molar-refractivity contribution in [1.29, 1.82) is 0 Å². The Morgan fingerprint density at radius 1 is 1.05 bits per heavy atom. The van der Waals surface area contributed by atoms with Crippen molar-refractivity contribution in [3.05, 3.63) is 12.2 Å². The highest BCUT2D eigenvalue weighted by Gasteiger charge is 2.66. The molecule has 2 amide bonds. The topological polar surface area (TPSA) is 74.7 Å². The summed E-state index contributed by atoms with van der Waals surface area (Å²) in [6, 6.07) is 0.